The highest BCUT2D eigenvalue weighted by atomic mass is 16.6. The van der Waals surface area contributed by atoms with E-state index in [0.29, 0.717) is 38.4 Å². The van der Waals surface area contributed by atoms with E-state index in [1.165, 1.54) is 0 Å². The molecule has 0 aliphatic carbocycles. The van der Waals surface area contributed by atoms with Crippen LogP contribution in [0.15, 0.2) is 24.3 Å². The molecule has 1 aromatic heterocycles. The minimum atomic E-state index is -0.205. The summed E-state index contributed by atoms with van der Waals surface area (Å²) in [4.78, 5) is 14.5. The number of benzene rings is 1. The quantitative estimate of drug-likeness (QED) is 0.699. The van der Waals surface area contributed by atoms with Crippen molar-refractivity contribution in [2.45, 2.75) is 25.6 Å². The Morgan fingerprint density at radius 1 is 1.21 bits per heavy atom. The molecule has 2 aliphatic rings. The summed E-state index contributed by atoms with van der Waals surface area (Å²) >= 11 is 0. The van der Waals surface area contributed by atoms with E-state index in [1.807, 2.05) is 24.3 Å². The molecule has 0 spiro atoms. The van der Waals surface area contributed by atoms with E-state index >= 15 is 0 Å². The number of hydrogen-bond donors (Lipinski definition) is 1. The third kappa shape index (κ3) is 4.76. The topological polar surface area (TPSA) is 104 Å². The van der Waals surface area contributed by atoms with E-state index < -0.39 is 0 Å². The number of ether oxygens (including phenoxy) is 3. The van der Waals surface area contributed by atoms with Gasteiger partial charge in [0.15, 0.2) is 17.3 Å². The maximum absolute atomic E-state index is 12.2. The van der Waals surface area contributed by atoms with Gasteiger partial charge >= 0.3 is 0 Å². The second-order valence-electron chi connectivity index (χ2n) is 6.76. The molecule has 0 unspecified atom stereocenters. The minimum Gasteiger partial charge on any atom is -0.486 e. The number of carbonyl (C=O) groups excluding carboxylic acids is 1. The Bertz CT molecular complexity index is 792. The fourth-order valence-electron chi connectivity index (χ4n) is 3.16. The second-order valence-corrected chi connectivity index (χ2v) is 6.76. The first-order valence-corrected chi connectivity index (χ1v) is 9.48. The molecule has 10 heteroatoms. The normalized spacial score (nSPS) is 19.4. The number of fused-ring (bicyclic) bond motifs is 1. The van der Waals surface area contributed by atoms with Crippen molar-refractivity contribution in [1.82, 2.24) is 30.4 Å². The summed E-state index contributed by atoms with van der Waals surface area (Å²) in [6, 6.07) is 7.52. The molecule has 0 radical (unpaired) electrons. The summed E-state index contributed by atoms with van der Waals surface area (Å²) in [5.74, 6) is 2.12. The fraction of sp³-hybridized carbons (Fsp3) is 0.556. The van der Waals surface area contributed by atoms with Gasteiger partial charge in [0.1, 0.15) is 12.7 Å². The van der Waals surface area contributed by atoms with Gasteiger partial charge in [-0.25, -0.2) is 4.68 Å². The van der Waals surface area contributed by atoms with Crippen molar-refractivity contribution in [3.8, 4) is 11.5 Å². The molecule has 0 bridgehead atoms. The SMILES string of the molecule is O=C(CCn1nnnc1CN1CCOCC1)NC[C@@H]1COc2ccccc2O1. The molecule has 4 rings (SSSR count). The zero-order valence-corrected chi connectivity index (χ0v) is 15.6. The summed E-state index contributed by atoms with van der Waals surface area (Å²) in [7, 11) is 0. The lowest BCUT2D eigenvalue weighted by Crippen LogP contribution is -2.41. The van der Waals surface area contributed by atoms with Crippen LogP contribution < -0.4 is 14.8 Å². The fourth-order valence-corrected chi connectivity index (χ4v) is 3.16. The van der Waals surface area contributed by atoms with Crippen molar-refractivity contribution < 1.29 is 19.0 Å². The van der Waals surface area contributed by atoms with Gasteiger partial charge in [-0.3, -0.25) is 9.69 Å². The van der Waals surface area contributed by atoms with Crippen LogP contribution in [0.25, 0.3) is 0 Å². The molecule has 1 amide bonds. The van der Waals surface area contributed by atoms with Crippen molar-refractivity contribution in [1.29, 1.82) is 0 Å². The number of amides is 1. The summed E-state index contributed by atoms with van der Waals surface area (Å²) in [5, 5.41) is 14.7. The van der Waals surface area contributed by atoms with Gasteiger partial charge in [-0.15, -0.1) is 5.10 Å². The van der Waals surface area contributed by atoms with Crippen molar-refractivity contribution in [2.75, 3.05) is 39.5 Å². The first-order chi connectivity index (χ1) is 13.8. The zero-order valence-electron chi connectivity index (χ0n) is 15.6. The van der Waals surface area contributed by atoms with Crippen LogP contribution in [0.2, 0.25) is 0 Å². The first kappa shape index (κ1) is 18.6. The number of aromatic nitrogens is 4. The molecule has 10 nitrogen and oxygen atoms in total. The number of para-hydroxylation sites is 2. The average Bonchev–Trinajstić information content (AvgIpc) is 3.18. The lowest BCUT2D eigenvalue weighted by molar-refractivity contribution is -0.121. The van der Waals surface area contributed by atoms with Gasteiger partial charge in [0.05, 0.1) is 32.8 Å². The molecule has 1 aromatic carbocycles. The molecule has 1 fully saturated rings. The lowest BCUT2D eigenvalue weighted by Gasteiger charge is -2.26. The van der Waals surface area contributed by atoms with E-state index in [0.717, 1.165) is 37.9 Å². The molecular weight excluding hydrogens is 364 g/mol. The smallest absolute Gasteiger partial charge is 0.221 e. The van der Waals surface area contributed by atoms with Crippen molar-refractivity contribution in [3.63, 3.8) is 0 Å². The van der Waals surface area contributed by atoms with E-state index in [4.69, 9.17) is 14.2 Å². The Morgan fingerprint density at radius 3 is 2.89 bits per heavy atom. The molecular formula is C18H24N6O4. The van der Waals surface area contributed by atoms with E-state index in [2.05, 4.69) is 25.7 Å². The number of rotatable bonds is 7. The van der Waals surface area contributed by atoms with Gasteiger partial charge < -0.3 is 19.5 Å². The number of tetrazole rings is 1. The van der Waals surface area contributed by atoms with Crippen LogP contribution in [0.1, 0.15) is 12.2 Å². The Kier molecular flexibility index (Phi) is 5.98. The van der Waals surface area contributed by atoms with E-state index in [1.54, 1.807) is 4.68 Å². The highest BCUT2D eigenvalue weighted by molar-refractivity contribution is 5.75. The van der Waals surface area contributed by atoms with Crippen LogP contribution in [-0.4, -0.2) is 76.6 Å². The summed E-state index contributed by atoms with van der Waals surface area (Å²) in [6.07, 6.45) is 0.0921. The van der Waals surface area contributed by atoms with Crippen molar-refractivity contribution in [3.05, 3.63) is 30.1 Å². The summed E-state index contributed by atoms with van der Waals surface area (Å²) in [6.45, 7) is 5.06. The highest BCUT2D eigenvalue weighted by Gasteiger charge is 2.21. The van der Waals surface area contributed by atoms with Crippen LogP contribution in [0.5, 0.6) is 11.5 Å². The summed E-state index contributed by atoms with van der Waals surface area (Å²) in [5.41, 5.74) is 0. The number of nitrogens with one attached hydrogen (secondary N) is 1. The molecule has 2 aliphatic heterocycles. The van der Waals surface area contributed by atoms with Gasteiger partial charge in [-0.2, -0.15) is 0 Å². The van der Waals surface area contributed by atoms with Crippen LogP contribution >= 0.6 is 0 Å². The Hall–Kier alpha value is -2.72. The highest BCUT2D eigenvalue weighted by Crippen LogP contribution is 2.30. The number of nitrogens with zero attached hydrogens (tertiary/aromatic N) is 5. The second kappa shape index (κ2) is 8.98. The third-order valence-electron chi connectivity index (χ3n) is 4.72. The third-order valence-corrected chi connectivity index (χ3v) is 4.72. The molecule has 1 saturated heterocycles. The predicted octanol–water partition coefficient (Wildman–Crippen LogP) is -0.148. The summed E-state index contributed by atoms with van der Waals surface area (Å²) < 4.78 is 18.5. The standard InChI is InChI=1S/C18H24N6O4/c25-18(19-11-14-13-27-15-3-1-2-4-16(15)28-14)5-6-24-17(20-21-22-24)12-23-7-9-26-10-8-23/h1-4,14H,5-13H2,(H,19,25)/t14-/m1/s1. The molecule has 3 heterocycles. The Morgan fingerprint density at radius 2 is 2.04 bits per heavy atom. The van der Waals surface area contributed by atoms with Gasteiger partial charge in [0.25, 0.3) is 0 Å². The maximum Gasteiger partial charge on any atom is 0.221 e. The zero-order chi connectivity index (χ0) is 19.2. The van der Waals surface area contributed by atoms with E-state index in [-0.39, 0.29) is 12.0 Å². The van der Waals surface area contributed by atoms with Gasteiger partial charge in [-0.1, -0.05) is 12.1 Å². The van der Waals surface area contributed by atoms with Crippen molar-refractivity contribution >= 4 is 5.91 Å². The number of hydrogen-bond acceptors (Lipinski definition) is 8. The van der Waals surface area contributed by atoms with E-state index in [9.17, 15) is 4.79 Å². The number of morpholine rings is 1. The first-order valence-electron chi connectivity index (χ1n) is 9.48. The molecule has 2 aromatic rings. The van der Waals surface area contributed by atoms with Crippen LogP contribution in [0.3, 0.4) is 0 Å². The maximum atomic E-state index is 12.2. The van der Waals surface area contributed by atoms with Crippen LogP contribution in [-0.2, 0) is 22.6 Å². The Balaban J connectivity index is 1.21. The average molecular weight is 388 g/mol. The largest absolute Gasteiger partial charge is 0.486 e. The molecule has 1 N–H and O–H groups in total. The molecule has 0 saturated carbocycles. The van der Waals surface area contributed by atoms with Gasteiger partial charge in [-0.05, 0) is 22.6 Å². The van der Waals surface area contributed by atoms with Gasteiger partial charge in [0, 0.05) is 19.5 Å². The minimum absolute atomic E-state index is 0.0738. The monoisotopic (exact) mass is 388 g/mol. The Labute approximate surface area is 162 Å². The van der Waals surface area contributed by atoms with Gasteiger partial charge in [0.2, 0.25) is 5.91 Å². The molecule has 1 atom stereocenters. The van der Waals surface area contributed by atoms with Crippen molar-refractivity contribution in [2.24, 2.45) is 0 Å². The number of aryl methyl sites for hydroxylation is 1. The van der Waals surface area contributed by atoms with Crippen LogP contribution in [0.4, 0.5) is 0 Å². The number of carbonyl (C=O) groups is 1. The molecule has 28 heavy (non-hydrogen) atoms. The van der Waals surface area contributed by atoms with Crippen LogP contribution in [0, 0.1) is 0 Å². The molecule has 150 valence electrons. The lowest BCUT2D eigenvalue weighted by atomic mass is 10.2. The predicted molar refractivity (Wildman–Crippen MR) is 97.9 cm³/mol.